The average molecular weight is 452 g/mol. The normalized spacial score (nSPS) is 11.7. The quantitative estimate of drug-likeness (QED) is 0.360. The number of aliphatic hydroxyl groups excluding tert-OH is 2. The topological polar surface area (TPSA) is 104 Å². The summed E-state index contributed by atoms with van der Waals surface area (Å²) in [5.74, 6) is 1.09. The summed E-state index contributed by atoms with van der Waals surface area (Å²) in [6.07, 6.45) is 3.63. The van der Waals surface area contributed by atoms with Gasteiger partial charge in [0.25, 0.3) is 0 Å². The summed E-state index contributed by atoms with van der Waals surface area (Å²) >= 11 is 0. The van der Waals surface area contributed by atoms with Crippen molar-refractivity contribution in [3.8, 4) is 17.2 Å². The lowest BCUT2D eigenvalue weighted by Gasteiger charge is -2.18. The summed E-state index contributed by atoms with van der Waals surface area (Å²) < 4.78 is 39.3. The molecule has 2 aromatic carbocycles. The fourth-order valence-electron chi connectivity index (χ4n) is 2.91. The van der Waals surface area contributed by atoms with Gasteiger partial charge in [0, 0.05) is 5.56 Å². The zero-order valence-corrected chi connectivity index (χ0v) is 19.1. The van der Waals surface area contributed by atoms with E-state index in [0.29, 0.717) is 22.6 Å². The maximum Gasteiger partial charge on any atom is 0.530 e. The van der Waals surface area contributed by atoms with Crippen molar-refractivity contribution in [1.82, 2.24) is 0 Å². The van der Waals surface area contributed by atoms with Gasteiger partial charge in [-0.05, 0) is 54.8 Å². The number of hydrogen-bond acceptors (Lipinski definition) is 8. The molecule has 2 aromatic rings. The van der Waals surface area contributed by atoms with Crippen LogP contribution in [0.1, 0.15) is 36.1 Å². The first-order chi connectivity index (χ1) is 14.9. The highest BCUT2D eigenvalue weighted by atomic mass is 31.2. The summed E-state index contributed by atoms with van der Waals surface area (Å²) in [5, 5.41) is 19.1. The van der Waals surface area contributed by atoms with Gasteiger partial charge in [-0.2, -0.15) is 0 Å². The van der Waals surface area contributed by atoms with Crippen molar-refractivity contribution >= 4 is 20.0 Å². The molecule has 31 heavy (non-hydrogen) atoms. The number of aliphatic hydroxyl groups is 2. The fourth-order valence-corrected chi connectivity index (χ4v) is 4.11. The minimum absolute atomic E-state index is 0.165. The van der Waals surface area contributed by atoms with Crippen LogP contribution in [0.5, 0.6) is 17.2 Å². The van der Waals surface area contributed by atoms with Crippen LogP contribution in [0.3, 0.4) is 0 Å². The Morgan fingerprint density at radius 2 is 1.45 bits per heavy atom. The third-order valence-corrected chi connectivity index (χ3v) is 5.88. The van der Waals surface area contributed by atoms with Crippen LogP contribution in [0.2, 0.25) is 0 Å². The smallest absolute Gasteiger partial charge is 0.496 e. The zero-order chi connectivity index (χ0) is 22.9. The molecule has 0 saturated carbocycles. The molecule has 0 bridgehead atoms. The third-order valence-electron chi connectivity index (χ3n) is 4.31. The van der Waals surface area contributed by atoms with Gasteiger partial charge in [0.1, 0.15) is 5.75 Å². The van der Waals surface area contributed by atoms with E-state index < -0.39 is 7.82 Å². The molecule has 0 fully saturated rings. The van der Waals surface area contributed by atoms with E-state index in [4.69, 9.17) is 23.0 Å². The lowest BCUT2D eigenvalue weighted by atomic mass is 10.0. The van der Waals surface area contributed by atoms with Gasteiger partial charge in [0.15, 0.2) is 11.5 Å². The minimum Gasteiger partial charge on any atom is -0.496 e. The number of methoxy groups -OCH3 is 2. The van der Waals surface area contributed by atoms with E-state index >= 15 is 0 Å². The van der Waals surface area contributed by atoms with E-state index in [0.717, 1.165) is 11.1 Å². The van der Waals surface area contributed by atoms with Crippen LogP contribution in [0, 0.1) is 0 Å². The molecule has 0 aromatic heterocycles. The third kappa shape index (κ3) is 6.56. The van der Waals surface area contributed by atoms with Gasteiger partial charge in [0.2, 0.25) is 0 Å². The second kappa shape index (κ2) is 11.9. The molecular weight excluding hydrogens is 423 g/mol. The molecule has 9 heteroatoms. The summed E-state index contributed by atoms with van der Waals surface area (Å²) in [4.78, 5) is 0. The SMILES string of the molecule is CCOP(=O)(OCC)Oc1cc(/C=C\c2cc(CO)c(CO)c(OC)c2)ccc1OC. The molecule has 0 unspecified atom stereocenters. The lowest BCUT2D eigenvalue weighted by molar-refractivity contribution is 0.166. The van der Waals surface area contributed by atoms with Crippen molar-refractivity contribution in [3.05, 3.63) is 52.6 Å². The van der Waals surface area contributed by atoms with Gasteiger partial charge in [-0.15, -0.1) is 0 Å². The Morgan fingerprint density at radius 3 is 2.00 bits per heavy atom. The van der Waals surface area contributed by atoms with E-state index in [9.17, 15) is 14.8 Å². The van der Waals surface area contributed by atoms with Crippen molar-refractivity contribution in [2.24, 2.45) is 0 Å². The van der Waals surface area contributed by atoms with Gasteiger partial charge in [-0.25, -0.2) is 4.57 Å². The highest BCUT2D eigenvalue weighted by molar-refractivity contribution is 7.48. The molecule has 0 atom stereocenters. The number of rotatable bonds is 12. The maximum atomic E-state index is 12.7. The predicted molar refractivity (Wildman–Crippen MR) is 118 cm³/mol. The van der Waals surface area contributed by atoms with Crippen LogP contribution >= 0.6 is 7.82 Å². The molecule has 2 rings (SSSR count). The van der Waals surface area contributed by atoms with Crippen LogP contribution in [0.4, 0.5) is 0 Å². The molecule has 0 radical (unpaired) electrons. The Morgan fingerprint density at radius 1 is 0.839 bits per heavy atom. The molecule has 0 aliphatic heterocycles. The minimum atomic E-state index is -3.78. The van der Waals surface area contributed by atoms with Crippen molar-refractivity contribution in [3.63, 3.8) is 0 Å². The predicted octanol–water partition coefficient (Wildman–Crippen LogP) is 4.42. The Labute approximate surface area is 182 Å². The molecule has 0 aliphatic rings. The monoisotopic (exact) mass is 452 g/mol. The van der Waals surface area contributed by atoms with Crippen LogP contribution in [-0.4, -0.2) is 37.6 Å². The standard InChI is InChI=1S/C22H29O8P/c1-5-28-31(25,29-6-2)30-22-12-16(9-10-20(22)26-3)7-8-17-11-18(14-23)19(15-24)21(13-17)27-4/h7-13,23-24H,5-6,14-15H2,1-4H3/b8-7-. The molecule has 0 saturated heterocycles. The maximum absolute atomic E-state index is 12.7. The first-order valence-electron chi connectivity index (χ1n) is 9.79. The second-order valence-corrected chi connectivity index (χ2v) is 7.89. The number of benzene rings is 2. The van der Waals surface area contributed by atoms with Gasteiger partial charge >= 0.3 is 7.82 Å². The number of phosphoric acid groups is 1. The molecule has 170 valence electrons. The van der Waals surface area contributed by atoms with E-state index in [1.165, 1.54) is 14.2 Å². The lowest BCUT2D eigenvalue weighted by Crippen LogP contribution is -2.03. The molecule has 0 spiro atoms. The molecule has 0 aliphatic carbocycles. The molecule has 0 amide bonds. The van der Waals surface area contributed by atoms with E-state index in [1.807, 2.05) is 12.2 Å². The number of hydrogen-bond donors (Lipinski definition) is 2. The fraction of sp³-hybridized carbons (Fsp3) is 0.364. The van der Waals surface area contributed by atoms with Crippen molar-refractivity contribution < 1.29 is 37.8 Å². The highest BCUT2D eigenvalue weighted by Gasteiger charge is 2.28. The Balaban J connectivity index is 2.37. The van der Waals surface area contributed by atoms with Crippen molar-refractivity contribution in [2.45, 2.75) is 27.1 Å². The molecule has 0 heterocycles. The summed E-state index contributed by atoms with van der Waals surface area (Å²) in [6.45, 7) is 3.27. The summed E-state index contributed by atoms with van der Waals surface area (Å²) in [7, 11) is -0.794. The van der Waals surface area contributed by atoms with Crippen molar-refractivity contribution in [1.29, 1.82) is 0 Å². The largest absolute Gasteiger partial charge is 0.530 e. The molecule has 2 N–H and O–H groups in total. The first-order valence-corrected chi connectivity index (χ1v) is 11.3. The molecule has 8 nitrogen and oxygen atoms in total. The highest BCUT2D eigenvalue weighted by Crippen LogP contribution is 2.51. The van der Waals surface area contributed by atoms with E-state index in [1.54, 1.807) is 44.2 Å². The Hall–Kier alpha value is -2.35. The zero-order valence-electron chi connectivity index (χ0n) is 18.2. The number of ether oxygens (including phenoxy) is 2. The second-order valence-electron chi connectivity index (χ2n) is 6.29. The molecular formula is C22H29O8P. The summed E-state index contributed by atoms with van der Waals surface area (Å²) in [5.41, 5.74) is 2.64. The summed E-state index contributed by atoms with van der Waals surface area (Å²) in [6, 6.07) is 8.68. The van der Waals surface area contributed by atoms with E-state index in [-0.39, 0.29) is 32.2 Å². The van der Waals surface area contributed by atoms with Crippen LogP contribution in [0.15, 0.2) is 30.3 Å². The van der Waals surface area contributed by atoms with Crippen LogP contribution in [0.25, 0.3) is 12.2 Å². The van der Waals surface area contributed by atoms with Gasteiger partial charge in [-0.1, -0.05) is 18.2 Å². The average Bonchev–Trinajstić information content (AvgIpc) is 2.77. The Bertz CT molecular complexity index is 906. The Kier molecular flexibility index (Phi) is 9.55. The van der Waals surface area contributed by atoms with Crippen molar-refractivity contribution in [2.75, 3.05) is 27.4 Å². The van der Waals surface area contributed by atoms with Gasteiger partial charge in [-0.3, -0.25) is 9.05 Å². The van der Waals surface area contributed by atoms with Crippen LogP contribution in [-0.2, 0) is 26.8 Å². The van der Waals surface area contributed by atoms with E-state index in [2.05, 4.69) is 0 Å². The first kappa shape index (κ1) is 24.9. The van der Waals surface area contributed by atoms with Gasteiger partial charge in [0.05, 0.1) is 40.6 Å². The van der Waals surface area contributed by atoms with Crippen LogP contribution < -0.4 is 14.0 Å². The van der Waals surface area contributed by atoms with Gasteiger partial charge < -0.3 is 24.2 Å². The number of phosphoric ester groups is 1.